The Morgan fingerprint density at radius 1 is 0.269 bits per heavy atom. The molecule has 1 unspecified atom stereocenters. The van der Waals surface area contributed by atoms with Crippen LogP contribution in [0.5, 0.6) is 0 Å². The predicted molar refractivity (Wildman–Crippen MR) is 339 cm³/mol. The van der Waals surface area contributed by atoms with Crippen LogP contribution in [0.1, 0.15) is 361 Å². The summed E-state index contributed by atoms with van der Waals surface area (Å²) < 4.78 is 17.0. The number of ether oxygens (including phenoxy) is 3. The van der Waals surface area contributed by atoms with E-state index in [1.165, 1.54) is 212 Å². The maximum absolute atomic E-state index is 12.9. The summed E-state index contributed by atoms with van der Waals surface area (Å²) in [6.07, 6.45) is 85.2. The molecule has 6 heteroatoms. The zero-order chi connectivity index (χ0) is 56.4. The summed E-state index contributed by atoms with van der Waals surface area (Å²) in [6, 6.07) is 0. The zero-order valence-corrected chi connectivity index (χ0v) is 52.2. The third-order valence-electron chi connectivity index (χ3n) is 15.3. The van der Waals surface area contributed by atoms with Crippen molar-refractivity contribution in [1.29, 1.82) is 0 Å². The molecular weight excluding hydrogens is 961 g/mol. The van der Waals surface area contributed by atoms with E-state index in [0.29, 0.717) is 19.3 Å². The summed E-state index contributed by atoms with van der Waals surface area (Å²) in [6.45, 7) is 6.58. The summed E-state index contributed by atoms with van der Waals surface area (Å²) in [5, 5.41) is 0. The van der Waals surface area contributed by atoms with Crippen LogP contribution in [0.3, 0.4) is 0 Å². The van der Waals surface area contributed by atoms with Crippen LogP contribution in [0.25, 0.3) is 0 Å². The van der Waals surface area contributed by atoms with Crippen LogP contribution in [0.4, 0.5) is 0 Å². The van der Waals surface area contributed by atoms with Gasteiger partial charge < -0.3 is 14.2 Å². The van der Waals surface area contributed by atoms with Gasteiger partial charge in [0.25, 0.3) is 0 Å². The van der Waals surface area contributed by atoms with Gasteiger partial charge in [0, 0.05) is 19.3 Å². The van der Waals surface area contributed by atoms with E-state index in [1.54, 1.807) is 0 Å². The number of carbonyl (C=O) groups is 3. The third kappa shape index (κ3) is 63.9. The number of unbranched alkanes of at least 4 members (excludes halogenated alkanes) is 42. The van der Waals surface area contributed by atoms with Gasteiger partial charge in [0.1, 0.15) is 13.2 Å². The molecule has 0 aliphatic carbocycles. The summed E-state index contributed by atoms with van der Waals surface area (Å²) >= 11 is 0. The first-order chi connectivity index (χ1) is 38.5. The monoisotopic (exact) mass is 1090 g/mol. The molecule has 78 heavy (non-hydrogen) atoms. The number of rotatable bonds is 63. The molecule has 0 aromatic rings. The maximum Gasteiger partial charge on any atom is 0.306 e. The number of esters is 3. The van der Waals surface area contributed by atoms with E-state index < -0.39 is 6.10 Å². The van der Waals surface area contributed by atoms with E-state index >= 15 is 0 Å². The van der Waals surface area contributed by atoms with Crippen LogP contribution in [0, 0.1) is 0 Å². The molecule has 0 fully saturated rings. The van der Waals surface area contributed by atoms with Crippen LogP contribution in [-0.4, -0.2) is 37.2 Å². The summed E-state index contributed by atoms with van der Waals surface area (Å²) in [4.78, 5) is 38.4. The Hall–Kier alpha value is -2.89. The van der Waals surface area contributed by atoms with Gasteiger partial charge in [-0.3, -0.25) is 14.4 Å². The quantitative estimate of drug-likeness (QED) is 0.0261. The molecular formula is C72H130O6. The van der Waals surface area contributed by atoms with Gasteiger partial charge in [-0.2, -0.15) is 0 Å². The highest BCUT2D eigenvalue weighted by molar-refractivity contribution is 5.71. The Bertz CT molecular complexity index is 1390. The van der Waals surface area contributed by atoms with Gasteiger partial charge in [-0.05, 0) is 64.2 Å². The highest BCUT2D eigenvalue weighted by Gasteiger charge is 2.19. The molecule has 0 N–H and O–H groups in total. The fourth-order valence-electron chi connectivity index (χ4n) is 10.2. The molecule has 0 radical (unpaired) electrons. The minimum absolute atomic E-state index is 0.0773. The fraction of sp³-hybridized carbons (Fsp3) is 0.819. The second-order valence-corrected chi connectivity index (χ2v) is 23.1. The van der Waals surface area contributed by atoms with Crippen molar-refractivity contribution >= 4 is 17.9 Å². The van der Waals surface area contributed by atoms with Crippen molar-refractivity contribution in [3.8, 4) is 0 Å². The number of hydrogen-bond donors (Lipinski definition) is 0. The first kappa shape index (κ1) is 75.1. The fourth-order valence-corrected chi connectivity index (χ4v) is 10.2. The minimum Gasteiger partial charge on any atom is -0.462 e. The van der Waals surface area contributed by atoms with Gasteiger partial charge in [-0.15, -0.1) is 0 Å². The van der Waals surface area contributed by atoms with Crippen molar-refractivity contribution in [2.45, 2.75) is 367 Å². The number of hydrogen-bond acceptors (Lipinski definition) is 6. The van der Waals surface area contributed by atoms with Crippen LogP contribution < -0.4 is 0 Å². The maximum atomic E-state index is 12.9. The van der Waals surface area contributed by atoms with E-state index in [9.17, 15) is 14.4 Å². The van der Waals surface area contributed by atoms with Crippen LogP contribution >= 0.6 is 0 Å². The Kier molecular flexibility index (Phi) is 64.2. The average molecular weight is 1090 g/mol. The van der Waals surface area contributed by atoms with E-state index in [4.69, 9.17) is 14.2 Å². The van der Waals surface area contributed by atoms with Gasteiger partial charge in [-0.1, -0.05) is 338 Å². The molecule has 0 aliphatic rings. The second kappa shape index (κ2) is 66.6. The molecule has 0 saturated carbocycles. The molecule has 0 amide bonds. The molecule has 454 valence electrons. The smallest absolute Gasteiger partial charge is 0.306 e. The van der Waals surface area contributed by atoms with Gasteiger partial charge in [0.2, 0.25) is 0 Å². The van der Waals surface area contributed by atoms with E-state index in [2.05, 4.69) is 81.5 Å². The van der Waals surface area contributed by atoms with Crippen LogP contribution in [0.15, 0.2) is 60.8 Å². The Labute approximate surface area is 485 Å². The lowest BCUT2D eigenvalue weighted by molar-refractivity contribution is -0.167. The third-order valence-corrected chi connectivity index (χ3v) is 15.3. The molecule has 0 spiro atoms. The van der Waals surface area contributed by atoms with Gasteiger partial charge in [-0.25, -0.2) is 0 Å². The standard InChI is InChI=1S/C72H130O6/c1-4-7-10-13-16-19-22-25-28-31-33-35-37-38-41-44-47-50-53-56-59-62-65-71(74)77-68-69(67-76-70(73)64-61-58-55-52-49-46-43-40-30-27-24-21-18-15-12-9-6-3)78-72(75)66-63-60-57-54-51-48-45-42-39-36-34-32-29-26-23-20-17-14-11-8-5-2/h8,11,17,20,26,29,34,36,42,45,69H,4-7,9-10,12-16,18-19,21-25,27-28,30-33,35,37-41,43-44,46-68H2,1-3H3/b11-8-,20-17-,29-26-,36-34-,45-42-. The molecule has 0 bridgehead atoms. The predicted octanol–water partition coefficient (Wildman–Crippen LogP) is 23.5. The zero-order valence-electron chi connectivity index (χ0n) is 52.2. The summed E-state index contributed by atoms with van der Waals surface area (Å²) in [5.41, 5.74) is 0. The van der Waals surface area contributed by atoms with Gasteiger partial charge >= 0.3 is 17.9 Å². The molecule has 0 aromatic carbocycles. The molecule has 1 atom stereocenters. The van der Waals surface area contributed by atoms with Crippen molar-refractivity contribution in [2.75, 3.05) is 13.2 Å². The lowest BCUT2D eigenvalue weighted by Gasteiger charge is -2.18. The summed E-state index contributed by atoms with van der Waals surface area (Å²) in [5.74, 6) is -0.870. The molecule has 0 aromatic heterocycles. The first-order valence-corrected chi connectivity index (χ1v) is 34.3. The minimum atomic E-state index is -0.783. The van der Waals surface area contributed by atoms with Crippen molar-refractivity contribution in [3.05, 3.63) is 60.8 Å². The van der Waals surface area contributed by atoms with Gasteiger partial charge in [0.15, 0.2) is 6.10 Å². The molecule has 0 heterocycles. The largest absolute Gasteiger partial charge is 0.462 e. The lowest BCUT2D eigenvalue weighted by Crippen LogP contribution is -2.30. The van der Waals surface area contributed by atoms with Gasteiger partial charge in [0.05, 0.1) is 0 Å². The van der Waals surface area contributed by atoms with Crippen molar-refractivity contribution < 1.29 is 28.6 Å². The summed E-state index contributed by atoms with van der Waals surface area (Å²) in [7, 11) is 0. The Balaban J connectivity index is 4.36. The topological polar surface area (TPSA) is 78.9 Å². The first-order valence-electron chi connectivity index (χ1n) is 34.3. The van der Waals surface area contributed by atoms with Crippen LogP contribution in [-0.2, 0) is 28.6 Å². The van der Waals surface area contributed by atoms with E-state index in [-0.39, 0.29) is 31.1 Å². The molecule has 0 rings (SSSR count). The normalized spacial score (nSPS) is 12.4. The number of carbonyl (C=O) groups excluding carboxylic acids is 3. The van der Waals surface area contributed by atoms with E-state index in [0.717, 1.165) is 109 Å². The Morgan fingerprint density at radius 2 is 0.500 bits per heavy atom. The molecule has 0 aliphatic heterocycles. The Morgan fingerprint density at radius 3 is 0.782 bits per heavy atom. The highest BCUT2D eigenvalue weighted by atomic mass is 16.6. The lowest BCUT2D eigenvalue weighted by atomic mass is 10.0. The molecule has 0 saturated heterocycles. The second-order valence-electron chi connectivity index (χ2n) is 23.1. The highest BCUT2D eigenvalue weighted by Crippen LogP contribution is 2.18. The molecule has 6 nitrogen and oxygen atoms in total. The van der Waals surface area contributed by atoms with Crippen molar-refractivity contribution in [1.82, 2.24) is 0 Å². The van der Waals surface area contributed by atoms with Crippen molar-refractivity contribution in [3.63, 3.8) is 0 Å². The number of allylic oxidation sites excluding steroid dienone is 10. The van der Waals surface area contributed by atoms with Crippen LogP contribution in [0.2, 0.25) is 0 Å². The van der Waals surface area contributed by atoms with Crippen molar-refractivity contribution in [2.24, 2.45) is 0 Å². The average Bonchev–Trinajstić information content (AvgIpc) is 3.44. The SMILES string of the molecule is CC/C=C\C/C=C\C/C=C\C/C=C\C/C=C\CCCCCCCC(=O)OC(COC(=O)CCCCCCCCCCCCCCCCCCC)COC(=O)CCCCCCCCCCCCCCCCCCCCCCCC. The van der Waals surface area contributed by atoms with E-state index in [1.807, 2.05) is 0 Å².